The SMILES string of the molecule is Cc1ccccc1C=CCN. The molecule has 11 heavy (non-hydrogen) atoms. The molecule has 1 heteroatoms. The van der Waals surface area contributed by atoms with Crippen molar-refractivity contribution in [3.8, 4) is 0 Å². The zero-order valence-electron chi connectivity index (χ0n) is 6.75. The number of rotatable bonds is 2. The highest BCUT2D eigenvalue weighted by atomic mass is 14.5. The lowest BCUT2D eigenvalue weighted by Gasteiger charge is -1.96. The molecule has 0 fully saturated rings. The molecule has 0 aliphatic heterocycles. The molecule has 0 bridgehead atoms. The highest BCUT2D eigenvalue weighted by molar-refractivity contribution is 5.53. The number of hydrogen-bond donors (Lipinski definition) is 1. The highest BCUT2D eigenvalue weighted by Gasteiger charge is 1.88. The Balaban J connectivity index is 2.86. The fourth-order valence-corrected chi connectivity index (χ4v) is 0.969. The van der Waals surface area contributed by atoms with Crippen LogP contribution in [0, 0.1) is 6.92 Å². The third-order valence-electron chi connectivity index (χ3n) is 1.62. The van der Waals surface area contributed by atoms with Crippen molar-refractivity contribution in [1.82, 2.24) is 0 Å². The Morgan fingerprint density at radius 2 is 2.09 bits per heavy atom. The summed E-state index contributed by atoms with van der Waals surface area (Å²) in [5.41, 5.74) is 7.88. The number of hydrogen-bond acceptors (Lipinski definition) is 1. The minimum absolute atomic E-state index is 0.605. The molecule has 58 valence electrons. The fourth-order valence-electron chi connectivity index (χ4n) is 0.969. The van der Waals surface area contributed by atoms with E-state index in [1.54, 1.807) is 0 Å². The van der Waals surface area contributed by atoms with Gasteiger partial charge in [0.15, 0.2) is 0 Å². The number of nitrogens with two attached hydrogens (primary N) is 1. The van der Waals surface area contributed by atoms with Crippen LogP contribution in [0.15, 0.2) is 30.3 Å². The lowest BCUT2D eigenvalue weighted by molar-refractivity contribution is 1.26. The molecule has 0 radical (unpaired) electrons. The van der Waals surface area contributed by atoms with E-state index in [4.69, 9.17) is 5.73 Å². The quantitative estimate of drug-likeness (QED) is 0.680. The second kappa shape index (κ2) is 3.94. The summed E-state index contributed by atoms with van der Waals surface area (Å²) in [7, 11) is 0. The minimum atomic E-state index is 0.605. The second-order valence-electron chi connectivity index (χ2n) is 2.49. The van der Waals surface area contributed by atoms with E-state index >= 15 is 0 Å². The summed E-state index contributed by atoms with van der Waals surface area (Å²) >= 11 is 0. The van der Waals surface area contributed by atoms with Crippen LogP contribution in [0.5, 0.6) is 0 Å². The van der Waals surface area contributed by atoms with Gasteiger partial charge in [-0.3, -0.25) is 0 Å². The van der Waals surface area contributed by atoms with Crippen LogP contribution in [-0.4, -0.2) is 6.54 Å². The van der Waals surface area contributed by atoms with Gasteiger partial charge in [0.2, 0.25) is 0 Å². The maximum absolute atomic E-state index is 5.34. The summed E-state index contributed by atoms with van der Waals surface area (Å²) in [6, 6.07) is 8.25. The number of benzene rings is 1. The summed E-state index contributed by atoms with van der Waals surface area (Å²) < 4.78 is 0. The van der Waals surface area contributed by atoms with Gasteiger partial charge in [-0.1, -0.05) is 36.4 Å². The lowest BCUT2D eigenvalue weighted by Crippen LogP contribution is -1.92. The third-order valence-corrected chi connectivity index (χ3v) is 1.62. The predicted molar refractivity (Wildman–Crippen MR) is 49.3 cm³/mol. The summed E-state index contributed by atoms with van der Waals surface area (Å²) in [5, 5.41) is 0. The first-order chi connectivity index (χ1) is 5.34. The molecule has 0 amide bonds. The van der Waals surface area contributed by atoms with E-state index in [0.29, 0.717) is 6.54 Å². The van der Waals surface area contributed by atoms with Gasteiger partial charge in [0.25, 0.3) is 0 Å². The molecular weight excluding hydrogens is 134 g/mol. The van der Waals surface area contributed by atoms with Crippen molar-refractivity contribution in [2.45, 2.75) is 6.92 Å². The van der Waals surface area contributed by atoms with Gasteiger partial charge >= 0.3 is 0 Å². The Morgan fingerprint density at radius 3 is 2.73 bits per heavy atom. The van der Waals surface area contributed by atoms with Crippen LogP contribution in [0.2, 0.25) is 0 Å². The molecule has 0 atom stereocenters. The maximum atomic E-state index is 5.34. The first-order valence-electron chi connectivity index (χ1n) is 3.77. The second-order valence-corrected chi connectivity index (χ2v) is 2.49. The normalized spacial score (nSPS) is 10.7. The number of aryl methyl sites for hydroxylation is 1. The van der Waals surface area contributed by atoms with E-state index in [1.165, 1.54) is 11.1 Å². The molecule has 0 aromatic heterocycles. The third kappa shape index (κ3) is 2.20. The van der Waals surface area contributed by atoms with Crippen LogP contribution in [0.1, 0.15) is 11.1 Å². The molecule has 0 saturated heterocycles. The van der Waals surface area contributed by atoms with Crippen molar-refractivity contribution in [1.29, 1.82) is 0 Å². The van der Waals surface area contributed by atoms with E-state index in [2.05, 4.69) is 25.1 Å². The van der Waals surface area contributed by atoms with Gasteiger partial charge in [-0.2, -0.15) is 0 Å². The largest absolute Gasteiger partial charge is 0.327 e. The van der Waals surface area contributed by atoms with Gasteiger partial charge in [0, 0.05) is 6.54 Å². The summed E-state index contributed by atoms with van der Waals surface area (Å²) in [6.07, 6.45) is 4.01. The monoisotopic (exact) mass is 147 g/mol. The lowest BCUT2D eigenvalue weighted by atomic mass is 10.1. The summed E-state index contributed by atoms with van der Waals surface area (Å²) in [5.74, 6) is 0. The van der Waals surface area contributed by atoms with Crippen LogP contribution in [-0.2, 0) is 0 Å². The fraction of sp³-hybridized carbons (Fsp3) is 0.200. The Kier molecular flexibility index (Phi) is 2.87. The molecule has 0 heterocycles. The van der Waals surface area contributed by atoms with Gasteiger partial charge < -0.3 is 5.73 Å². The molecule has 0 spiro atoms. The van der Waals surface area contributed by atoms with Gasteiger partial charge in [0.1, 0.15) is 0 Å². The summed E-state index contributed by atoms with van der Waals surface area (Å²) in [4.78, 5) is 0. The van der Waals surface area contributed by atoms with Gasteiger partial charge in [-0.25, -0.2) is 0 Å². The predicted octanol–water partition coefficient (Wildman–Crippen LogP) is 1.97. The van der Waals surface area contributed by atoms with Crippen LogP contribution in [0.25, 0.3) is 6.08 Å². The maximum Gasteiger partial charge on any atom is 0.0110 e. The van der Waals surface area contributed by atoms with Crippen molar-refractivity contribution in [3.05, 3.63) is 41.5 Å². The molecule has 1 rings (SSSR count). The van der Waals surface area contributed by atoms with E-state index in [-0.39, 0.29) is 0 Å². The van der Waals surface area contributed by atoms with Crippen LogP contribution in [0.4, 0.5) is 0 Å². The van der Waals surface area contributed by atoms with Gasteiger partial charge in [-0.15, -0.1) is 0 Å². The highest BCUT2D eigenvalue weighted by Crippen LogP contribution is 2.07. The molecule has 0 unspecified atom stereocenters. The standard InChI is InChI=1S/C10H13N/c1-9-5-2-3-6-10(9)7-4-8-11/h2-7H,8,11H2,1H3. The van der Waals surface area contributed by atoms with Crippen molar-refractivity contribution in [2.75, 3.05) is 6.54 Å². The Morgan fingerprint density at radius 1 is 1.36 bits per heavy atom. The van der Waals surface area contributed by atoms with Crippen molar-refractivity contribution in [2.24, 2.45) is 5.73 Å². The van der Waals surface area contributed by atoms with Crippen LogP contribution >= 0.6 is 0 Å². The van der Waals surface area contributed by atoms with E-state index in [9.17, 15) is 0 Å². The Hall–Kier alpha value is -1.08. The van der Waals surface area contributed by atoms with Crippen LogP contribution < -0.4 is 5.73 Å². The van der Waals surface area contributed by atoms with E-state index < -0.39 is 0 Å². The molecule has 0 aliphatic carbocycles. The average Bonchev–Trinajstić information content (AvgIpc) is 2.03. The smallest absolute Gasteiger partial charge is 0.0110 e. The van der Waals surface area contributed by atoms with Gasteiger partial charge in [0.05, 0.1) is 0 Å². The Labute approximate surface area is 67.5 Å². The summed E-state index contributed by atoms with van der Waals surface area (Å²) in [6.45, 7) is 2.70. The molecule has 2 N–H and O–H groups in total. The topological polar surface area (TPSA) is 26.0 Å². The van der Waals surface area contributed by atoms with E-state index in [0.717, 1.165) is 0 Å². The average molecular weight is 147 g/mol. The first-order valence-corrected chi connectivity index (χ1v) is 3.77. The minimum Gasteiger partial charge on any atom is -0.327 e. The zero-order valence-corrected chi connectivity index (χ0v) is 6.75. The molecule has 1 aromatic carbocycles. The molecular formula is C10H13N. The first kappa shape index (κ1) is 8.02. The van der Waals surface area contributed by atoms with Crippen molar-refractivity contribution >= 4 is 6.08 Å². The molecule has 1 aromatic rings. The molecule has 0 aliphatic rings. The zero-order chi connectivity index (χ0) is 8.10. The van der Waals surface area contributed by atoms with Crippen LogP contribution in [0.3, 0.4) is 0 Å². The van der Waals surface area contributed by atoms with Crippen molar-refractivity contribution in [3.63, 3.8) is 0 Å². The van der Waals surface area contributed by atoms with E-state index in [1.807, 2.05) is 18.2 Å². The van der Waals surface area contributed by atoms with Gasteiger partial charge in [-0.05, 0) is 18.1 Å². The molecule has 1 nitrogen and oxygen atoms in total. The van der Waals surface area contributed by atoms with Crippen molar-refractivity contribution < 1.29 is 0 Å². The molecule has 0 saturated carbocycles. The Bertz CT molecular complexity index is 251.